The predicted octanol–water partition coefficient (Wildman–Crippen LogP) is 5.23. The molecule has 0 atom stereocenters. The van der Waals surface area contributed by atoms with Crippen molar-refractivity contribution in [1.82, 2.24) is 0 Å². The summed E-state index contributed by atoms with van der Waals surface area (Å²) >= 11 is 3.80. The third-order valence-electron chi connectivity index (χ3n) is 2.80. The molecule has 3 heterocycles. The van der Waals surface area contributed by atoms with Gasteiger partial charge in [0.15, 0.2) is 0 Å². The van der Waals surface area contributed by atoms with E-state index in [-0.39, 0.29) is 4.75 Å². The lowest BCUT2D eigenvalue weighted by Gasteiger charge is -2.34. The van der Waals surface area contributed by atoms with Gasteiger partial charge in [0, 0.05) is 15.5 Å². The van der Waals surface area contributed by atoms with Crippen molar-refractivity contribution in [2.24, 2.45) is 0 Å². The average Bonchev–Trinajstić information content (AvgIpc) is 3.04. The van der Waals surface area contributed by atoms with E-state index in [1.807, 2.05) is 33.5 Å². The maximum atomic E-state index is 2.29. The topological polar surface area (TPSA) is 0 Å². The summed E-state index contributed by atoms with van der Waals surface area (Å²) in [7, 11) is 4.09. The fourth-order valence-corrected chi connectivity index (χ4v) is 7.75. The van der Waals surface area contributed by atoms with Crippen LogP contribution in [0.15, 0.2) is 35.0 Å². The first-order valence-corrected chi connectivity index (χ1v) is 9.38. The maximum absolute atomic E-state index is 2.29. The van der Waals surface area contributed by atoms with E-state index in [0.717, 1.165) is 0 Å². The summed E-state index contributed by atoms with van der Waals surface area (Å²) in [4.78, 5) is 3.04. The van der Waals surface area contributed by atoms with Crippen molar-refractivity contribution in [3.63, 3.8) is 0 Å². The summed E-state index contributed by atoms with van der Waals surface area (Å²) in [6.45, 7) is 0. The van der Waals surface area contributed by atoms with Crippen molar-refractivity contribution in [2.45, 2.75) is 17.6 Å². The van der Waals surface area contributed by atoms with Crippen molar-refractivity contribution >= 4 is 44.3 Å². The Morgan fingerprint density at radius 2 is 1.69 bits per heavy atom. The summed E-state index contributed by atoms with van der Waals surface area (Å²) in [6, 6.07) is 8.94. The van der Waals surface area contributed by atoms with Crippen LogP contribution < -0.4 is 0 Å². The van der Waals surface area contributed by atoms with E-state index in [1.54, 1.807) is 0 Å². The standard InChI is InChI=1S/C12H12S4/c1-4-10(13-7-1)12(6-3-9-15-16-12)11-5-2-8-14-11/h1-2,4-5,7-8H,3,6,9H2. The molecular formula is C12H12S4. The lowest BCUT2D eigenvalue weighted by molar-refractivity contribution is 0.670. The molecule has 0 bridgehead atoms. The Morgan fingerprint density at radius 3 is 2.12 bits per heavy atom. The molecule has 0 unspecified atom stereocenters. The van der Waals surface area contributed by atoms with Gasteiger partial charge in [0.05, 0.1) is 4.75 Å². The van der Waals surface area contributed by atoms with Crippen LogP contribution in [0.3, 0.4) is 0 Å². The van der Waals surface area contributed by atoms with Gasteiger partial charge in [-0.3, -0.25) is 0 Å². The molecule has 0 N–H and O–H groups in total. The average molecular weight is 284 g/mol. The zero-order chi connectivity index (χ0) is 10.8. The molecule has 3 rings (SSSR count). The van der Waals surface area contributed by atoms with E-state index in [0.29, 0.717) is 0 Å². The van der Waals surface area contributed by atoms with E-state index < -0.39 is 0 Å². The highest BCUT2D eigenvalue weighted by molar-refractivity contribution is 8.77. The Morgan fingerprint density at radius 1 is 1.00 bits per heavy atom. The summed E-state index contributed by atoms with van der Waals surface area (Å²) in [6.07, 6.45) is 2.61. The highest BCUT2D eigenvalue weighted by Gasteiger charge is 2.39. The zero-order valence-corrected chi connectivity index (χ0v) is 12.0. The molecule has 0 radical (unpaired) electrons. The quantitative estimate of drug-likeness (QED) is 0.693. The molecule has 84 valence electrons. The number of thiophene rings is 2. The molecule has 1 fully saturated rings. The van der Waals surface area contributed by atoms with Crippen molar-refractivity contribution in [1.29, 1.82) is 0 Å². The molecule has 0 spiro atoms. The van der Waals surface area contributed by atoms with Crippen molar-refractivity contribution < 1.29 is 0 Å². The number of hydrogen-bond donors (Lipinski definition) is 0. The van der Waals surface area contributed by atoms with Gasteiger partial charge in [0.1, 0.15) is 0 Å². The second-order valence-electron chi connectivity index (χ2n) is 3.79. The van der Waals surface area contributed by atoms with Gasteiger partial charge in [-0.05, 0) is 35.7 Å². The number of hydrogen-bond acceptors (Lipinski definition) is 4. The molecule has 2 aromatic heterocycles. The zero-order valence-electron chi connectivity index (χ0n) is 8.72. The maximum Gasteiger partial charge on any atom is 0.0944 e. The smallest absolute Gasteiger partial charge is 0.0944 e. The van der Waals surface area contributed by atoms with Crippen molar-refractivity contribution in [2.75, 3.05) is 5.75 Å². The second-order valence-corrected chi connectivity index (χ2v) is 8.40. The van der Waals surface area contributed by atoms with Crippen LogP contribution in [0.4, 0.5) is 0 Å². The SMILES string of the molecule is c1csc(C2(c3cccs3)CCCSS2)c1. The van der Waals surface area contributed by atoms with Crippen LogP contribution in [0.25, 0.3) is 0 Å². The van der Waals surface area contributed by atoms with Crippen LogP contribution in [-0.4, -0.2) is 5.75 Å². The van der Waals surface area contributed by atoms with E-state index in [1.165, 1.54) is 28.3 Å². The van der Waals surface area contributed by atoms with Crippen LogP contribution in [-0.2, 0) is 4.75 Å². The van der Waals surface area contributed by atoms with Gasteiger partial charge in [-0.25, -0.2) is 0 Å². The Balaban J connectivity index is 2.07. The fourth-order valence-electron chi connectivity index (χ4n) is 2.03. The summed E-state index contributed by atoms with van der Waals surface area (Å²) in [5.41, 5.74) is 0. The summed E-state index contributed by atoms with van der Waals surface area (Å²) < 4.78 is 0.241. The van der Waals surface area contributed by atoms with E-state index in [2.05, 4.69) is 45.8 Å². The highest BCUT2D eigenvalue weighted by Crippen LogP contribution is 2.57. The molecule has 1 saturated heterocycles. The van der Waals surface area contributed by atoms with Crippen molar-refractivity contribution in [3.8, 4) is 0 Å². The minimum absolute atomic E-state index is 0.241. The molecular weight excluding hydrogens is 272 g/mol. The predicted molar refractivity (Wildman–Crippen MR) is 78.7 cm³/mol. The minimum Gasteiger partial charge on any atom is -0.147 e. The molecule has 0 aromatic carbocycles. The summed E-state index contributed by atoms with van der Waals surface area (Å²) in [5, 5.41) is 4.40. The molecule has 2 aromatic rings. The fraction of sp³-hybridized carbons (Fsp3) is 0.333. The Bertz CT molecular complexity index is 387. The van der Waals surface area contributed by atoms with Crippen LogP contribution in [0.5, 0.6) is 0 Å². The monoisotopic (exact) mass is 284 g/mol. The van der Waals surface area contributed by atoms with Gasteiger partial charge in [-0.15, -0.1) is 22.7 Å². The molecule has 0 aliphatic carbocycles. The van der Waals surface area contributed by atoms with E-state index >= 15 is 0 Å². The van der Waals surface area contributed by atoms with E-state index in [9.17, 15) is 0 Å². The molecule has 0 amide bonds. The lowest BCUT2D eigenvalue weighted by atomic mass is 9.98. The van der Waals surface area contributed by atoms with Crippen molar-refractivity contribution in [3.05, 3.63) is 44.8 Å². The van der Waals surface area contributed by atoms with Gasteiger partial charge in [-0.1, -0.05) is 33.7 Å². The molecule has 1 aliphatic rings. The third-order valence-corrected chi connectivity index (χ3v) is 8.33. The minimum atomic E-state index is 0.241. The molecule has 16 heavy (non-hydrogen) atoms. The van der Waals surface area contributed by atoms with Gasteiger partial charge in [0.2, 0.25) is 0 Å². The lowest BCUT2D eigenvalue weighted by Crippen LogP contribution is -2.23. The second kappa shape index (κ2) is 4.77. The first kappa shape index (κ1) is 11.2. The third kappa shape index (κ3) is 1.86. The normalized spacial score (nSPS) is 19.8. The van der Waals surface area contributed by atoms with Gasteiger partial charge >= 0.3 is 0 Å². The first-order chi connectivity index (χ1) is 7.92. The van der Waals surface area contributed by atoms with Crippen LogP contribution in [0, 0.1) is 0 Å². The van der Waals surface area contributed by atoms with Crippen LogP contribution in [0.1, 0.15) is 22.6 Å². The number of rotatable bonds is 2. The Kier molecular flexibility index (Phi) is 3.34. The van der Waals surface area contributed by atoms with Crippen LogP contribution >= 0.6 is 44.3 Å². The highest BCUT2D eigenvalue weighted by atomic mass is 33.1. The van der Waals surface area contributed by atoms with Crippen LogP contribution in [0.2, 0.25) is 0 Å². The molecule has 4 heteroatoms. The molecule has 0 nitrogen and oxygen atoms in total. The first-order valence-electron chi connectivity index (χ1n) is 5.30. The Hall–Kier alpha value is 0.1000. The van der Waals surface area contributed by atoms with E-state index in [4.69, 9.17) is 0 Å². The summed E-state index contributed by atoms with van der Waals surface area (Å²) in [5.74, 6) is 1.29. The molecule has 1 aliphatic heterocycles. The van der Waals surface area contributed by atoms with Gasteiger partial charge in [0.25, 0.3) is 0 Å². The largest absolute Gasteiger partial charge is 0.147 e. The molecule has 0 saturated carbocycles. The van der Waals surface area contributed by atoms with Gasteiger partial charge in [-0.2, -0.15) is 0 Å². The Labute approximate surface area is 112 Å². The van der Waals surface area contributed by atoms with Gasteiger partial charge < -0.3 is 0 Å².